The number of aryl methyl sites for hydroxylation is 2. The third-order valence-electron chi connectivity index (χ3n) is 11.1. The van der Waals surface area contributed by atoms with Crippen LogP contribution in [0.3, 0.4) is 0 Å². The first kappa shape index (κ1) is 26.7. The number of hydrogen-bond donors (Lipinski definition) is 1. The molecule has 2 bridgehead atoms. The Bertz CT molecular complexity index is 1310. The minimum absolute atomic E-state index is 0.0961. The summed E-state index contributed by atoms with van der Waals surface area (Å²) in [5.41, 5.74) is 5.54. The number of allylic oxidation sites excluding steroid dienone is 1. The van der Waals surface area contributed by atoms with Crippen LogP contribution in [-0.2, 0) is 14.6 Å². The van der Waals surface area contributed by atoms with Gasteiger partial charge in [0.15, 0.2) is 9.84 Å². The molecule has 1 heterocycles. The summed E-state index contributed by atoms with van der Waals surface area (Å²) < 4.78 is 28.5. The molecule has 0 saturated heterocycles. The number of aliphatic hydroxyl groups is 1. The Hall–Kier alpha value is -1.56. The summed E-state index contributed by atoms with van der Waals surface area (Å²) in [5.74, 6) is 1.18. The van der Waals surface area contributed by atoms with Crippen molar-refractivity contribution >= 4 is 21.6 Å². The molecule has 1 N–H and O–H groups in total. The number of sulfone groups is 1. The van der Waals surface area contributed by atoms with E-state index < -0.39 is 21.4 Å². The van der Waals surface area contributed by atoms with Gasteiger partial charge in [0.2, 0.25) is 0 Å². The topological polar surface area (TPSA) is 54.4 Å². The van der Waals surface area contributed by atoms with Gasteiger partial charge in [0.05, 0.1) is 21.5 Å². The molecular formula is C33H42O3S2. The molecule has 5 heteroatoms. The molecule has 0 radical (unpaired) electrons. The first-order valence-corrected chi connectivity index (χ1v) is 17.1. The van der Waals surface area contributed by atoms with Gasteiger partial charge in [-0.15, -0.1) is 11.8 Å². The van der Waals surface area contributed by atoms with Gasteiger partial charge >= 0.3 is 0 Å². The third-order valence-corrected chi connectivity index (χ3v) is 14.9. The van der Waals surface area contributed by atoms with E-state index in [4.69, 9.17) is 0 Å². The van der Waals surface area contributed by atoms with Crippen LogP contribution in [0.5, 0.6) is 0 Å². The molecule has 4 atom stereocenters. The second kappa shape index (κ2) is 9.24. The normalized spacial score (nSPS) is 31.9. The van der Waals surface area contributed by atoms with Gasteiger partial charge < -0.3 is 5.11 Å². The molecule has 3 fully saturated rings. The van der Waals surface area contributed by atoms with Crippen LogP contribution in [-0.4, -0.2) is 31.1 Å². The number of hydrogen-bond acceptors (Lipinski definition) is 4. The highest BCUT2D eigenvalue weighted by Crippen LogP contribution is 2.67. The lowest BCUT2D eigenvalue weighted by molar-refractivity contribution is 0.0154. The van der Waals surface area contributed by atoms with E-state index in [2.05, 4.69) is 76.2 Å². The molecule has 0 aromatic heterocycles. The van der Waals surface area contributed by atoms with Crippen molar-refractivity contribution in [2.24, 2.45) is 22.7 Å². The van der Waals surface area contributed by atoms with Gasteiger partial charge in [0, 0.05) is 17.1 Å². The largest absolute Gasteiger partial charge is 0.392 e. The zero-order chi connectivity index (χ0) is 26.9. The smallest absolute Gasteiger partial charge is 0.176 e. The van der Waals surface area contributed by atoms with Gasteiger partial charge in [-0.3, -0.25) is 0 Å². The van der Waals surface area contributed by atoms with Crippen molar-refractivity contribution in [3.63, 3.8) is 0 Å². The quantitative estimate of drug-likeness (QED) is 0.423. The van der Waals surface area contributed by atoms with Crippen molar-refractivity contribution in [1.29, 1.82) is 0 Å². The molecule has 6 rings (SSSR count). The summed E-state index contributed by atoms with van der Waals surface area (Å²) in [5, 5.41) is 11.1. The Morgan fingerprint density at radius 1 is 0.921 bits per heavy atom. The molecule has 0 amide bonds. The maximum atomic E-state index is 14.4. The van der Waals surface area contributed by atoms with Crippen molar-refractivity contribution in [2.75, 3.05) is 11.5 Å². The zero-order valence-electron chi connectivity index (χ0n) is 23.3. The van der Waals surface area contributed by atoms with Crippen LogP contribution in [0.4, 0.5) is 0 Å². The lowest BCUT2D eigenvalue weighted by Gasteiger charge is -2.49. The van der Waals surface area contributed by atoms with Crippen molar-refractivity contribution in [3.05, 3.63) is 81.3 Å². The van der Waals surface area contributed by atoms with Crippen molar-refractivity contribution in [1.82, 2.24) is 0 Å². The minimum atomic E-state index is -3.51. The summed E-state index contributed by atoms with van der Waals surface area (Å²) in [7, 11) is -3.51. The SMILES string of the molecule is Cc1ccc(C2(c3ccc(C)cc3)SCC(S(=O)(=O)C[C@]34CC[C@H](C[C@H]3O)C4(C)C)=C3CCCC[C@H]32)cc1. The molecular weight excluding hydrogens is 508 g/mol. The van der Waals surface area contributed by atoms with Gasteiger partial charge in [0.25, 0.3) is 0 Å². The molecule has 0 spiro atoms. The highest BCUT2D eigenvalue weighted by molar-refractivity contribution is 8.03. The lowest BCUT2D eigenvalue weighted by Crippen LogP contribution is -2.46. The minimum Gasteiger partial charge on any atom is -0.392 e. The summed E-state index contributed by atoms with van der Waals surface area (Å²) in [6.07, 6.45) is 6.12. The Kier molecular flexibility index (Phi) is 6.48. The Morgan fingerprint density at radius 2 is 1.53 bits per heavy atom. The Morgan fingerprint density at radius 3 is 2.05 bits per heavy atom. The van der Waals surface area contributed by atoms with E-state index in [1.807, 2.05) is 11.8 Å². The lowest BCUT2D eigenvalue weighted by atomic mass is 9.69. The average molecular weight is 551 g/mol. The van der Waals surface area contributed by atoms with E-state index in [0.717, 1.165) is 44.9 Å². The highest BCUT2D eigenvalue weighted by atomic mass is 32.2. The van der Waals surface area contributed by atoms with E-state index in [1.54, 1.807) is 0 Å². The first-order chi connectivity index (χ1) is 18.0. The van der Waals surface area contributed by atoms with E-state index in [0.29, 0.717) is 16.6 Å². The number of fused-ring (bicyclic) bond motifs is 3. The maximum Gasteiger partial charge on any atom is 0.176 e. The van der Waals surface area contributed by atoms with E-state index >= 15 is 0 Å². The monoisotopic (exact) mass is 550 g/mol. The highest BCUT2D eigenvalue weighted by Gasteiger charge is 2.65. The van der Waals surface area contributed by atoms with E-state index in [-0.39, 0.29) is 21.8 Å². The van der Waals surface area contributed by atoms with Crippen LogP contribution in [0.1, 0.15) is 81.0 Å². The standard InChI is InChI=1S/C33H42O3S2/c1-22-9-13-24(14-10-22)33(25-15-11-23(2)12-16-25)28-8-6-5-7-27(28)29(20-37-33)38(35,36)21-32-18-17-26(19-30(32)34)31(32,3)4/h9-16,26,28,30,34H,5-8,17-21H2,1-4H3/t26-,28-,30-,32-/m1/s1. The summed E-state index contributed by atoms with van der Waals surface area (Å²) >= 11 is 1.83. The van der Waals surface area contributed by atoms with Gasteiger partial charge in [-0.2, -0.15) is 0 Å². The second-order valence-electron chi connectivity index (χ2n) is 13.1. The second-order valence-corrected chi connectivity index (χ2v) is 16.4. The van der Waals surface area contributed by atoms with Gasteiger partial charge in [0.1, 0.15) is 0 Å². The molecule has 3 aliphatic carbocycles. The van der Waals surface area contributed by atoms with Crippen LogP contribution in [0, 0.1) is 36.5 Å². The van der Waals surface area contributed by atoms with E-state index in [1.165, 1.54) is 27.8 Å². The fraction of sp³-hybridized carbons (Fsp3) is 0.576. The summed E-state index contributed by atoms with van der Waals surface area (Å²) in [4.78, 5) is 0.690. The third kappa shape index (κ3) is 3.82. The first-order valence-electron chi connectivity index (χ1n) is 14.4. The Balaban J connectivity index is 1.48. The molecule has 0 unspecified atom stereocenters. The Labute approximate surface area is 233 Å². The number of rotatable bonds is 5. The van der Waals surface area contributed by atoms with Crippen LogP contribution >= 0.6 is 11.8 Å². The molecule has 2 aromatic rings. The van der Waals surface area contributed by atoms with Crippen LogP contribution < -0.4 is 0 Å². The molecule has 3 saturated carbocycles. The molecule has 1 aliphatic heterocycles. The summed E-state index contributed by atoms with van der Waals surface area (Å²) in [6, 6.07) is 17.9. The van der Waals surface area contributed by atoms with Gasteiger partial charge in [-0.25, -0.2) is 8.42 Å². The van der Waals surface area contributed by atoms with E-state index in [9.17, 15) is 13.5 Å². The number of aliphatic hydroxyl groups excluding tert-OH is 1. The average Bonchev–Trinajstić information content (AvgIpc) is 3.23. The molecule has 2 aromatic carbocycles. The molecule has 3 nitrogen and oxygen atoms in total. The van der Waals surface area contributed by atoms with Crippen molar-refractivity contribution in [2.45, 2.75) is 83.5 Å². The van der Waals surface area contributed by atoms with Crippen LogP contribution in [0.25, 0.3) is 0 Å². The molecule has 38 heavy (non-hydrogen) atoms. The predicted molar refractivity (Wildman–Crippen MR) is 158 cm³/mol. The molecule has 204 valence electrons. The number of benzene rings is 2. The zero-order valence-corrected chi connectivity index (χ0v) is 24.9. The fourth-order valence-electron chi connectivity index (χ4n) is 8.60. The number of thioether (sulfide) groups is 1. The van der Waals surface area contributed by atoms with Crippen molar-refractivity contribution < 1.29 is 13.5 Å². The van der Waals surface area contributed by atoms with Crippen LogP contribution in [0.2, 0.25) is 0 Å². The maximum absolute atomic E-state index is 14.4. The summed E-state index contributed by atoms with van der Waals surface area (Å²) in [6.45, 7) is 8.65. The molecule has 4 aliphatic rings. The fourth-order valence-corrected chi connectivity index (χ4v) is 13.3. The van der Waals surface area contributed by atoms with Gasteiger partial charge in [-0.1, -0.05) is 79.9 Å². The predicted octanol–water partition coefficient (Wildman–Crippen LogP) is 7.34. The van der Waals surface area contributed by atoms with Crippen molar-refractivity contribution in [3.8, 4) is 0 Å². The van der Waals surface area contributed by atoms with Crippen LogP contribution in [0.15, 0.2) is 59.0 Å². The van der Waals surface area contributed by atoms with Gasteiger partial charge in [-0.05, 0) is 80.4 Å².